The Hall–Kier alpha value is -2.22. The minimum absolute atomic E-state index is 0.0670. The maximum absolute atomic E-state index is 12.5. The molecule has 25 heavy (non-hydrogen) atoms. The molecular formula is C20H28N4O. The Morgan fingerprint density at radius 1 is 1.08 bits per heavy atom. The number of hydrogen-bond acceptors (Lipinski definition) is 3. The fraction of sp³-hybridized carbons (Fsp3) is 0.600. The minimum Gasteiger partial charge on any atom is -0.370 e. The number of para-hydroxylation sites is 1. The summed E-state index contributed by atoms with van der Waals surface area (Å²) in [5, 5.41) is 12.1. The van der Waals surface area contributed by atoms with E-state index in [1.165, 1.54) is 5.69 Å². The summed E-state index contributed by atoms with van der Waals surface area (Å²) in [6, 6.07) is 12.9. The third-order valence-corrected chi connectivity index (χ3v) is 5.48. The third-order valence-electron chi connectivity index (χ3n) is 5.48. The predicted molar refractivity (Wildman–Crippen MR) is 99.3 cm³/mol. The zero-order valence-electron chi connectivity index (χ0n) is 14.9. The topological polar surface area (TPSA) is 59.4 Å². The van der Waals surface area contributed by atoms with E-state index in [2.05, 4.69) is 40.6 Å². The van der Waals surface area contributed by atoms with E-state index in [9.17, 15) is 4.79 Å². The lowest BCUT2D eigenvalue weighted by molar-refractivity contribution is 0.196. The number of nitriles is 1. The van der Waals surface area contributed by atoms with Crippen molar-refractivity contribution in [2.24, 2.45) is 11.8 Å². The van der Waals surface area contributed by atoms with Gasteiger partial charge in [-0.15, -0.1) is 0 Å². The zero-order chi connectivity index (χ0) is 17.5. The molecular weight excluding hydrogens is 312 g/mol. The van der Waals surface area contributed by atoms with Gasteiger partial charge in [0.25, 0.3) is 0 Å². The van der Waals surface area contributed by atoms with Crippen molar-refractivity contribution < 1.29 is 4.79 Å². The van der Waals surface area contributed by atoms with Crippen LogP contribution in [0.1, 0.15) is 32.1 Å². The van der Waals surface area contributed by atoms with E-state index in [0.29, 0.717) is 5.92 Å². The number of hydrogen-bond donors (Lipinski definition) is 1. The summed E-state index contributed by atoms with van der Waals surface area (Å²) in [7, 11) is 0. The van der Waals surface area contributed by atoms with Crippen molar-refractivity contribution in [3.05, 3.63) is 30.3 Å². The largest absolute Gasteiger partial charge is 0.370 e. The fourth-order valence-corrected chi connectivity index (χ4v) is 3.86. The second-order valence-corrected chi connectivity index (χ2v) is 7.20. The summed E-state index contributed by atoms with van der Waals surface area (Å²) in [5.41, 5.74) is 1.24. The van der Waals surface area contributed by atoms with Gasteiger partial charge in [0.05, 0.1) is 6.07 Å². The molecule has 0 unspecified atom stereocenters. The first kappa shape index (κ1) is 17.6. The summed E-state index contributed by atoms with van der Waals surface area (Å²) >= 11 is 0. The van der Waals surface area contributed by atoms with Gasteiger partial charge in [-0.2, -0.15) is 5.26 Å². The fourth-order valence-electron chi connectivity index (χ4n) is 3.86. The van der Waals surface area contributed by atoms with Crippen LogP contribution in [-0.2, 0) is 0 Å². The number of urea groups is 1. The van der Waals surface area contributed by atoms with Crippen LogP contribution >= 0.6 is 0 Å². The molecule has 0 radical (unpaired) electrons. The van der Waals surface area contributed by atoms with Gasteiger partial charge in [0.15, 0.2) is 0 Å². The van der Waals surface area contributed by atoms with Gasteiger partial charge < -0.3 is 15.1 Å². The van der Waals surface area contributed by atoms with Crippen LogP contribution in [-0.4, -0.2) is 43.7 Å². The van der Waals surface area contributed by atoms with Gasteiger partial charge in [-0.1, -0.05) is 18.2 Å². The predicted octanol–water partition coefficient (Wildman–Crippen LogP) is 3.24. The van der Waals surface area contributed by atoms with Crippen LogP contribution in [0.25, 0.3) is 0 Å². The molecule has 2 amide bonds. The molecule has 2 fully saturated rings. The maximum atomic E-state index is 12.5. The lowest BCUT2D eigenvalue weighted by Crippen LogP contribution is -2.44. The summed E-state index contributed by atoms with van der Waals surface area (Å²) in [6.45, 7) is 4.20. The average Bonchev–Trinajstić information content (AvgIpc) is 2.93. The summed E-state index contributed by atoms with van der Waals surface area (Å²) in [4.78, 5) is 16.8. The van der Waals surface area contributed by atoms with Gasteiger partial charge >= 0.3 is 6.03 Å². The van der Waals surface area contributed by atoms with Crippen LogP contribution in [0.5, 0.6) is 0 Å². The number of rotatable bonds is 3. The van der Waals surface area contributed by atoms with E-state index in [1.807, 2.05) is 11.0 Å². The lowest BCUT2D eigenvalue weighted by Gasteiger charge is -2.27. The Morgan fingerprint density at radius 2 is 1.84 bits per heavy atom. The highest BCUT2D eigenvalue weighted by molar-refractivity contribution is 5.74. The number of amides is 2. The van der Waals surface area contributed by atoms with E-state index < -0.39 is 0 Å². The molecule has 3 rings (SSSR count). The molecule has 0 aromatic heterocycles. The first-order chi connectivity index (χ1) is 12.3. The van der Waals surface area contributed by atoms with Crippen molar-refractivity contribution in [2.45, 2.75) is 32.1 Å². The minimum atomic E-state index is 0.0670. The Kier molecular flexibility index (Phi) is 6.16. The normalized spacial score (nSPS) is 24.3. The van der Waals surface area contributed by atoms with Crippen LogP contribution in [0.15, 0.2) is 30.3 Å². The molecule has 5 heteroatoms. The summed E-state index contributed by atoms with van der Waals surface area (Å²) in [5.74, 6) is 0.753. The Labute approximate surface area is 150 Å². The molecule has 1 aliphatic carbocycles. The molecule has 1 saturated carbocycles. The third kappa shape index (κ3) is 4.88. The van der Waals surface area contributed by atoms with Crippen molar-refractivity contribution in [1.29, 1.82) is 5.26 Å². The Bertz CT molecular complexity index is 589. The number of anilines is 1. The first-order valence-electron chi connectivity index (χ1n) is 9.48. The van der Waals surface area contributed by atoms with E-state index >= 15 is 0 Å². The standard InChI is InChI=1S/C20H28N4O/c21-15-17-7-9-18(10-8-17)16-22-20(25)24-12-4-11-23(13-14-24)19-5-2-1-3-6-19/h1-3,5-6,17-18H,4,7-14,16H2,(H,22,25). The number of nitrogens with zero attached hydrogens (tertiary/aromatic N) is 3. The van der Waals surface area contributed by atoms with Crippen LogP contribution in [0.4, 0.5) is 10.5 Å². The first-order valence-corrected chi connectivity index (χ1v) is 9.48. The van der Waals surface area contributed by atoms with Crippen molar-refractivity contribution in [2.75, 3.05) is 37.6 Å². The molecule has 0 spiro atoms. The molecule has 0 bridgehead atoms. The molecule has 1 N–H and O–H groups in total. The number of carbonyl (C=O) groups is 1. The van der Waals surface area contributed by atoms with Gasteiger partial charge in [-0.25, -0.2) is 4.79 Å². The smallest absolute Gasteiger partial charge is 0.317 e. The molecule has 2 aliphatic rings. The van der Waals surface area contributed by atoms with Crippen LogP contribution < -0.4 is 10.2 Å². The number of benzene rings is 1. The Balaban J connectivity index is 1.43. The second kappa shape index (κ2) is 8.75. The van der Waals surface area contributed by atoms with Crippen LogP contribution in [0.3, 0.4) is 0 Å². The quantitative estimate of drug-likeness (QED) is 0.919. The molecule has 1 heterocycles. The average molecular weight is 340 g/mol. The molecule has 1 aromatic carbocycles. The number of nitrogens with one attached hydrogen (secondary N) is 1. The molecule has 134 valence electrons. The molecule has 1 aliphatic heterocycles. The number of carbonyl (C=O) groups excluding carboxylic acids is 1. The summed E-state index contributed by atoms with van der Waals surface area (Å²) < 4.78 is 0. The van der Waals surface area contributed by atoms with Crippen molar-refractivity contribution in [3.63, 3.8) is 0 Å². The lowest BCUT2D eigenvalue weighted by atomic mass is 9.83. The van der Waals surface area contributed by atoms with E-state index in [0.717, 1.165) is 64.8 Å². The van der Waals surface area contributed by atoms with Crippen molar-refractivity contribution in [1.82, 2.24) is 10.2 Å². The van der Waals surface area contributed by atoms with Crippen molar-refractivity contribution >= 4 is 11.7 Å². The van der Waals surface area contributed by atoms with E-state index in [1.54, 1.807) is 0 Å². The molecule has 5 nitrogen and oxygen atoms in total. The van der Waals surface area contributed by atoms with Gasteiger partial charge in [-0.3, -0.25) is 0 Å². The van der Waals surface area contributed by atoms with Crippen molar-refractivity contribution in [3.8, 4) is 6.07 Å². The molecule has 1 saturated heterocycles. The highest BCUT2D eigenvalue weighted by Gasteiger charge is 2.23. The van der Waals surface area contributed by atoms with E-state index in [4.69, 9.17) is 5.26 Å². The van der Waals surface area contributed by atoms with Gasteiger partial charge in [0.1, 0.15) is 0 Å². The second-order valence-electron chi connectivity index (χ2n) is 7.20. The highest BCUT2D eigenvalue weighted by atomic mass is 16.2. The van der Waals surface area contributed by atoms with Crippen LogP contribution in [0, 0.1) is 23.2 Å². The van der Waals surface area contributed by atoms with Crippen LogP contribution in [0.2, 0.25) is 0 Å². The molecule has 0 atom stereocenters. The van der Waals surface area contributed by atoms with Gasteiger partial charge in [0.2, 0.25) is 0 Å². The van der Waals surface area contributed by atoms with E-state index in [-0.39, 0.29) is 11.9 Å². The monoisotopic (exact) mass is 340 g/mol. The summed E-state index contributed by atoms with van der Waals surface area (Å²) in [6.07, 6.45) is 5.07. The zero-order valence-corrected chi connectivity index (χ0v) is 14.9. The highest BCUT2D eigenvalue weighted by Crippen LogP contribution is 2.27. The van der Waals surface area contributed by atoms with Gasteiger partial charge in [0, 0.05) is 44.3 Å². The SMILES string of the molecule is N#CC1CCC(CNC(=O)N2CCCN(c3ccccc3)CC2)CC1. The maximum Gasteiger partial charge on any atom is 0.317 e. The van der Waals surface area contributed by atoms with Gasteiger partial charge in [-0.05, 0) is 50.2 Å². The Morgan fingerprint density at radius 3 is 2.56 bits per heavy atom. The molecule has 1 aromatic rings.